The molecule has 1 amide bonds. The standard InChI is InChI=1S/C21H33NO3/c1-5-13-21(4,24-14-6-2)20(23)22-17-11-12-19(16(3)15-17)25-18-9-7-8-10-18/h11-12,15,18H,5-10,13-14H2,1-4H3,(H,22,23). The third-order valence-corrected chi connectivity index (χ3v) is 4.86. The third kappa shape index (κ3) is 5.46. The Labute approximate surface area is 152 Å². The summed E-state index contributed by atoms with van der Waals surface area (Å²) in [6, 6.07) is 5.86. The summed E-state index contributed by atoms with van der Waals surface area (Å²) in [6.45, 7) is 8.62. The average Bonchev–Trinajstić information content (AvgIpc) is 3.09. The maximum absolute atomic E-state index is 12.7. The molecule has 1 atom stereocenters. The van der Waals surface area contributed by atoms with Gasteiger partial charge in [-0.25, -0.2) is 0 Å². The first-order valence-corrected chi connectivity index (χ1v) is 9.71. The number of carbonyl (C=O) groups excluding carboxylic acids is 1. The molecule has 1 aromatic rings. The molecule has 1 unspecified atom stereocenters. The molecule has 4 heteroatoms. The Morgan fingerprint density at radius 1 is 1.24 bits per heavy atom. The van der Waals surface area contributed by atoms with Crippen molar-refractivity contribution >= 4 is 11.6 Å². The second-order valence-corrected chi connectivity index (χ2v) is 7.29. The van der Waals surface area contributed by atoms with Gasteiger partial charge in [0.15, 0.2) is 0 Å². The van der Waals surface area contributed by atoms with Gasteiger partial charge in [-0.1, -0.05) is 20.3 Å². The van der Waals surface area contributed by atoms with Crippen LogP contribution in [0.1, 0.15) is 71.3 Å². The van der Waals surface area contributed by atoms with Crippen molar-refractivity contribution in [3.8, 4) is 5.75 Å². The lowest BCUT2D eigenvalue weighted by molar-refractivity contribution is -0.140. The minimum absolute atomic E-state index is 0.0772. The molecule has 140 valence electrons. The molecule has 1 saturated carbocycles. The van der Waals surface area contributed by atoms with Gasteiger partial charge in [0.1, 0.15) is 11.4 Å². The Balaban J connectivity index is 2.02. The molecule has 0 aliphatic heterocycles. The topological polar surface area (TPSA) is 47.6 Å². The van der Waals surface area contributed by atoms with Crippen LogP contribution in [-0.4, -0.2) is 24.2 Å². The van der Waals surface area contributed by atoms with E-state index in [9.17, 15) is 4.79 Å². The van der Waals surface area contributed by atoms with E-state index in [-0.39, 0.29) is 5.91 Å². The molecular formula is C21H33NO3. The van der Waals surface area contributed by atoms with Crippen LogP contribution in [0, 0.1) is 6.92 Å². The number of aryl methyl sites for hydroxylation is 1. The monoisotopic (exact) mass is 347 g/mol. The van der Waals surface area contributed by atoms with E-state index in [1.165, 1.54) is 12.8 Å². The molecule has 4 nitrogen and oxygen atoms in total. The van der Waals surface area contributed by atoms with Gasteiger partial charge in [0.2, 0.25) is 0 Å². The Morgan fingerprint density at radius 2 is 1.96 bits per heavy atom. The molecule has 0 heterocycles. The van der Waals surface area contributed by atoms with Gasteiger partial charge in [-0.2, -0.15) is 0 Å². The summed E-state index contributed by atoms with van der Waals surface area (Å²) in [4.78, 5) is 12.7. The van der Waals surface area contributed by atoms with Crippen molar-refractivity contribution in [1.29, 1.82) is 0 Å². The fourth-order valence-corrected chi connectivity index (χ4v) is 3.36. The van der Waals surface area contributed by atoms with E-state index in [2.05, 4.69) is 19.2 Å². The van der Waals surface area contributed by atoms with Crippen LogP contribution in [0.2, 0.25) is 0 Å². The number of ether oxygens (including phenoxy) is 2. The summed E-state index contributed by atoms with van der Waals surface area (Å²) in [5.41, 5.74) is 1.07. The summed E-state index contributed by atoms with van der Waals surface area (Å²) < 4.78 is 11.9. The van der Waals surface area contributed by atoms with Crippen molar-refractivity contribution in [2.24, 2.45) is 0 Å². The second kappa shape index (κ2) is 9.23. The Morgan fingerprint density at radius 3 is 2.56 bits per heavy atom. The zero-order chi connectivity index (χ0) is 18.3. The highest BCUT2D eigenvalue weighted by Gasteiger charge is 2.33. The number of benzene rings is 1. The molecular weight excluding hydrogens is 314 g/mol. The SMILES string of the molecule is CCCOC(C)(CCC)C(=O)Nc1ccc(OC2CCCC2)c(C)c1. The predicted molar refractivity (Wildman–Crippen MR) is 102 cm³/mol. The number of carbonyl (C=O) groups is 1. The fourth-order valence-electron chi connectivity index (χ4n) is 3.36. The molecule has 1 N–H and O–H groups in total. The minimum atomic E-state index is -0.780. The van der Waals surface area contributed by atoms with Crippen molar-refractivity contribution in [2.45, 2.75) is 84.3 Å². The van der Waals surface area contributed by atoms with E-state index in [0.29, 0.717) is 19.1 Å². The van der Waals surface area contributed by atoms with Crippen molar-refractivity contribution in [2.75, 3.05) is 11.9 Å². The van der Waals surface area contributed by atoms with E-state index >= 15 is 0 Å². The van der Waals surface area contributed by atoms with Gasteiger partial charge in [0.05, 0.1) is 6.10 Å². The molecule has 25 heavy (non-hydrogen) atoms. The van der Waals surface area contributed by atoms with Crippen LogP contribution in [0.25, 0.3) is 0 Å². The number of nitrogens with one attached hydrogen (secondary N) is 1. The highest BCUT2D eigenvalue weighted by atomic mass is 16.5. The number of amides is 1. The summed E-state index contributed by atoms with van der Waals surface area (Å²) in [5, 5.41) is 3.02. The van der Waals surface area contributed by atoms with Gasteiger partial charge in [-0.3, -0.25) is 4.79 Å². The lowest BCUT2D eigenvalue weighted by Crippen LogP contribution is -2.43. The fraction of sp³-hybridized carbons (Fsp3) is 0.667. The van der Waals surface area contributed by atoms with Crippen LogP contribution in [0.15, 0.2) is 18.2 Å². The maximum Gasteiger partial charge on any atom is 0.256 e. The number of hydrogen-bond donors (Lipinski definition) is 1. The molecule has 0 saturated heterocycles. The van der Waals surface area contributed by atoms with E-state index in [0.717, 1.165) is 42.7 Å². The molecule has 1 aliphatic rings. The number of anilines is 1. The first-order chi connectivity index (χ1) is 12.0. The molecule has 0 radical (unpaired) electrons. The summed E-state index contributed by atoms with van der Waals surface area (Å²) in [6.07, 6.45) is 7.65. The average molecular weight is 347 g/mol. The van der Waals surface area contributed by atoms with Crippen molar-refractivity contribution in [1.82, 2.24) is 0 Å². The van der Waals surface area contributed by atoms with Crippen molar-refractivity contribution in [3.05, 3.63) is 23.8 Å². The van der Waals surface area contributed by atoms with Crippen LogP contribution in [0.3, 0.4) is 0 Å². The normalized spacial score (nSPS) is 17.3. The van der Waals surface area contributed by atoms with Gasteiger partial charge in [-0.15, -0.1) is 0 Å². The quantitative estimate of drug-likeness (QED) is 0.664. The molecule has 0 aromatic heterocycles. The second-order valence-electron chi connectivity index (χ2n) is 7.29. The van der Waals surface area contributed by atoms with Crippen LogP contribution in [-0.2, 0) is 9.53 Å². The first kappa shape index (κ1) is 19.8. The highest BCUT2D eigenvalue weighted by Crippen LogP contribution is 2.29. The zero-order valence-corrected chi connectivity index (χ0v) is 16.2. The molecule has 2 rings (SSSR count). The number of hydrogen-bond acceptors (Lipinski definition) is 3. The van der Waals surface area contributed by atoms with Gasteiger partial charge in [0, 0.05) is 12.3 Å². The molecule has 1 fully saturated rings. The van der Waals surface area contributed by atoms with Gasteiger partial charge < -0.3 is 14.8 Å². The predicted octanol–water partition coefficient (Wildman–Crippen LogP) is 5.24. The van der Waals surface area contributed by atoms with E-state index in [1.54, 1.807) is 0 Å². The number of rotatable bonds is 9. The largest absolute Gasteiger partial charge is 0.490 e. The van der Waals surface area contributed by atoms with Crippen molar-refractivity contribution in [3.63, 3.8) is 0 Å². The summed E-state index contributed by atoms with van der Waals surface area (Å²) in [7, 11) is 0. The Bertz CT molecular complexity index is 566. The minimum Gasteiger partial charge on any atom is -0.490 e. The third-order valence-electron chi connectivity index (χ3n) is 4.86. The Hall–Kier alpha value is -1.55. The molecule has 1 aliphatic carbocycles. The van der Waals surface area contributed by atoms with E-state index in [4.69, 9.17) is 9.47 Å². The van der Waals surface area contributed by atoms with Crippen LogP contribution < -0.4 is 10.1 Å². The van der Waals surface area contributed by atoms with Crippen LogP contribution in [0.5, 0.6) is 5.75 Å². The van der Waals surface area contributed by atoms with Crippen molar-refractivity contribution < 1.29 is 14.3 Å². The van der Waals surface area contributed by atoms with E-state index in [1.807, 2.05) is 32.0 Å². The van der Waals surface area contributed by atoms with Crippen LogP contribution in [0.4, 0.5) is 5.69 Å². The first-order valence-electron chi connectivity index (χ1n) is 9.71. The lowest BCUT2D eigenvalue weighted by atomic mass is 9.98. The summed E-state index contributed by atoms with van der Waals surface area (Å²) in [5.74, 6) is 0.843. The lowest BCUT2D eigenvalue weighted by Gasteiger charge is -2.28. The molecule has 0 spiro atoms. The molecule has 0 bridgehead atoms. The zero-order valence-electron chi connectivity index (χ0n) is 16.2. The van der Waals surface area contributed by atoms with Crippen LogP contribution >= 0.6 is 0 Å². The smallest absolute Gasteiger partial charge is 0.256 e. The highest BCUT2D eigenvalue weighted by molar-refractivity contribution is 5.97. The van der Waals surface area contributed by atoms with Gasteiger partial charge in [0.25, 0.3) is 5.91 Å². The Kier molecular flexibility index (Phi) is 7.30. The van der Waals surface area contributed by atoms with Gasteiger partial charge in [-0.05, 0) is 76.1 Å². The van der Waals surface area contributed by atoms with E-state index < -0.39 is 5.60 Å². The summed E-state index contributed by atoms with van der Waals surface area (Å²) >= 11 is 0. The maximum atomic E-state index is 12.7. The molecule has 1 aromatic carbocycles. The van der Waals surface area contributed by atoms with Gasteiger partial charge >= 0.3 is 0 Å².